The molecule has 0 fully saturated rings. The van der Waals surface area contributed by atoms with Gasteiger partial charge < -0.3 is 10.6 Å². The predicted molar refractivity (Wildman–Crippen MR) is 118 cm³/mol. The van der Waals surface area contributed by atoms with Crippen LogP contribution in [0.5, 0.6) is 0 Å². The van der Waals surface area contributed by atoms with Gasteiger partial charge in [-0.15, -0.1) is 0 Å². The number of nitrogens with one attached hydrogen (secondary N) is 3. The average Bonchev–Trinajstić information content (AvgIpc) is 3.03. The highest BCUT2D eigenvalue weighted by atomic mass is 35.5. The first-order chi connectivity index (χ1) is 13.8. The van der Waals surface area contributed by atoms with Crippen LogP contribution in [0.4, 0.5) is 11.4 Å². The number of anilines is 2. The second kappa shape index (κ2) is 7.71. The topological polar surface area (TPSA) is 70.2 Å². The molecule has 3 N–H and O–H groups in total. The van der Waals surface area contributed by atoms with E-state index in [1.165, 1.54) is 0 Å². The van der Waals surface area contributed by atoms with Gasteiger partial charge in [0.2, 0.25) is 10.0 Å². The summed E-state index contributed by atoms with van der Waals surface area (Å²) in [5.41, 5.74) is 3.58. The molecule has 0 aromatic heterocycles. The number of hydrogen-bond donors (Lipinski definition) is 3. The minimum Gasteiger partial charge on any atom is -0.361 e. The molecule has 0 saturated carbocycles. The van der Waals surface area contributed by atoms with Crippen LogP contribution in [0.2, 0.25) is 5.02 Å². The maximum atomic E-state index is 12.6. The van der Waals surface area contributed by atoms with Crippen molar-refractivity contribution >= 4 is 33.0 Å². The van der Waals surface area contributed by atoms with Crippen molar-refractivity contribution in [3.8, 4) is 0 Å². The molecule has 1 aliphatic heterocycles. The minimum atomic E-state index is -3.62. The minimum absolute atomic E-state index is 0.147. The monoisotopic (exact) mass is 427 g/mol. The van der Waals surface area contributed by atoms with Crippen molar-refractivity contribution in [3.05, 3.63) is 88.9 Å². The first-order valence-corrected chi connectivity index (χ1v) is 11.2. The smallest absolute Gasteiger partial charge is 0.240 e. The van der Waals surface area contributed by atoms with Crippen molar-refractivity contribution in [2.75, 3.05) is 10.6 Å². The van der Waals surface area contributed by atoms with E-state index in [1.807, 2.05) is 48.5 Å². The highest BCUT2D eigenvalue weighted by molar-refractivity contribution is 7.89. The molecule has 0 aliphatic carbocycles. The highest BCUT2D eigenvalue weighted by Crippen LogP contribution is 2.35. The van der Waals surface area contributed by atoms with Crippen molar-refractivity contribution in [3.63, 3.8) is 0 Å². The van der Waals surface area contributed by atoms with Crippen LogP contribution < -0.4 is 15.4 Å². The number of benzene rings is 3. The van der Waals surface area contributed by atoms with Crippen LogP contribution >= 0.6 is 11.6 Å². The lowest BCUT2D eigenvalue weighted by Crippen LogP contribution is -2.40. The van der Waals surface area contributed by atoms with Crippen LogP contribution in [-0.4, -0.2) is 14.1 Å². The van der Waals surface area contributed by atoms with Gasteiger partial charge in [0.25, 0.3) is 0 Å². The molecule has 7 heteroatoms. The normalized spacial score (nSPS) is 14.7. The summed E-state index contributed by atoms with van der Waals surface area (Å²) in [4.78, 5) is 0.231. The van der Waals surface area contributed by atoms with E-state index in [4.69, 9.17) is 11.6 Å². The Morgan fingerprint density at radius 1 is 0.897 bits per heavy atom. The second-order valence-corrected chi connectivity index (χ2v) is 9.54. The fourth-order valence-corrected chi connectivity index (χ4v) is 4.72. The Labute approximate surface area is 176 Å². The predicted octanol–water partition coefficient (Wildman–Crippen LogP) is 4.61. The van der Waals surface area contributed by atoms with Gasteiger partial charge in [0.1, 0.15) is 5.66 Å². The Hall–Kier alpha value is -2.54. The van der Waals surface area contributed by atoms with Gasteiger partial charge in [0.15, 0.2) is 0 Å². The molecule has 4 rings (SSSR count). The van der Waals surface area contributed by atoms with Gasteiger partial charge in [0, 0.05) is 18.0 Å². The third-order valence-corrected chi connectivity index (χ3v) is 6.74. The molecule has 29 heavy (non-hydrogen) atoms. The number of sulfonamides is 1. The Bertz CT molecular complexity index is 1110. The quantitative estimate of drug-likeness (QED) is 0.537. The molecule has 0 bridgehead atoms. The van der Waals surface area contributed by atoms with Gasteiger partial charge in [-0.25, -0.2) is 13.1 Å². The lowest BCUT2D eigenvalue weighted by Gasteiger charge is -2.26. The van der Waals surface area contributed by atoms with E-state index in [1.54, 1.807) is 24.3 Å². The third kappa shape index (κ3) is 4.40. The molecule has 0 radical (unpaired) electrons. The van der Waals surface area contributed by atoms with Gasteiger partial charge >= 0.3 is 0 Å². The SMILES string of the molecule is CC1(Cc2ccc(S(=O)(=O)NCc3ccccc3Cl)cc2)Nc2ccccc2N1. The second-order valence-electron chi connectivity index (χ2n) is 7.36. The Morgan fingerprint density at radius 2 is 1.48 bits per heavy atom. The van der Waals surface area contributed by atoms with Crippen molar-refractivity contribution in [2.24, 2.45) is 0 Å². The maximum Gasteiger partial charge on any atom is 0.240 e. The van der Waals surface area contributed by atoms with Crippen molar-refractivity contribution in [1.29, 1.82) is 0 Å². The van der Waals surface area contributed by atoms with Crippen LogP contribution in [0, 0.1) is 0 Å². The average molecular weight is 428 g/mol. The molecule has 1 aliphatic rings. The van der Waals surface area contributed by atoms with E-state index in [0.29, 0.717) is 11.4 Å². The summed E-state index contributed by atoms with van der Waals surface area (Å²) in [6, 6.07) is 22.2. The van der Waals surface area contributed by atoms with Crippen LogP contribution in [0.1, 0.15) is 18.1 Å². The Morgan fingerprint density at radius 3 is 2.10 bits per heavy atom. The molecule has 3 aromatic carbocycles. The molecule has 150 valence electrons. The van der Waals surface area contributed by atoms with E-state index < -0.39 is 10.0 Å². The summed E-state index contributed by atoms with van der Waals surface area (Å²) in [5, 5.41) is 7.53. The first-order valence-electron chi connectivity index (χ1n) is 9.32. The molecule has 3 aromatic rings. The largest absolute Gasteiger partial charge is 0.361 e. The summed E-state index contributed by atoms with van der Waals surface area (Å²) < 4.78 is 27.8. The van der Waals surface area contributed by atoms with E-state index in [2.05, 4.69) is 22.3 Å². The fraction of sp³-hybridized carbons (Fsp3) is 0.182. The number of hydrogen-bond acceptors (Lipinski definition) is 4. The summed E-state index contributed by atoms with van der Waals surface area (Å²) in [6.45, 7) is 2.23. The molecular formula is C22H22ClN3O2S. The van der Waals surface area contributed by atoms with Crippen molar-refractivity contribution < 1.29 is 8.42 Å². The van der Waals surface area contributed by atoms with Gasteiger partial charge in [0.05, 0.1) is 16.3 Å². The standard InChI is InChI=1S/C22H22ClN3O2S/c1-22(25-20-8-4-5-9-21(20)26-22)14-16-10-12-18(13-11-16)29(27,28)24-15-17-6-2-3-7-19(17)23/h2-13,24-26H,14-15H2,1H3. The molecule has 0 unspecified atom stereocenters. The molecule has 0 amide bonds. The van der Waals surface area contributed by atoms with E-state index >= 15 is 0 Å². The summed E-state index contributed by atoms with van der Waals surface area (Å²) in [6.07, 6.45) is 0.703. The van der Waals surface area contributed by atoms with Gasteiger partial charge in [-0.2, -0.15) is 0 Å². The van der Waals surface area contributed by atoms with Gasteiger partial charge in [-0.3, -0.25) is 0 Å². The van der Waals surface area contributed by atoms with Crippen LogP contribution in [0.3, 0.4) is 0 Å². The number of para-hydroxylation sites is 2. The van der Waals surface area contributed by atoms with Crippen molar-refractivity contribution in [2.45, 2.75) is 30.4 Å². The Kier molecular flexibility index (Phi) is 5.25. The summed E-state index contributed by atoms with van der Waals surface area (Å²) in [5.74, 6) is 0. The number of halogens is 1. The lowest BCUT2D eigenvalue weighted by molar-refractivity contribution is 0.581. The van der Waals surface area contributed by atoms with Gasteiger partial charge in [-0.05, 0) is 48.4 Å². The first kappa shape index (κ1) is 19.8. The van der Waals surface area contributed by atoms with Gasteiger partial charge in [-0.1, -0.05) is 54.1 Å². The maximum absolute atomic E-state index is 12.6. The third-order valence-electron chi connectivity index (χ3n) is 4.95. The number of rotatable bonds is 6. The Balaban J connectivity index is 1.43. The van der Waals surface area contributed by atoms with E-state index in [-0.39, 0.29) is 17.1 Å². The fourth-order valence-electron chi connectivity index (χ4n) is 3.51. The number of fused-ring (bicyclic) bond motifs is 1. The molecule has 0 saturated heterocycles. The summed E-state index contributed by atoms with van der Waals surface area (Å²) >= 11 is 6.10. The van der Waals surface area contributed by atoms with E-state index in [0.717, 1.165) is 22.5 Å². The van der Waals surface area contributed by atoms with E-state index in [9.17, 15) is 8.42 Å². The molecule has 0 atom stereocenters. The van der Waals surface area contributed by atoms with Crippen LogP contribution in [-0.2, 0) is 23.0 Å². The molecule has 0 spiro atoms. The molecular weight excluding hydrogens is 406 g/mol. The van der Waals surface area contributed by atoms with Crippen molar-refractivity contribution in [1.82, 2.24) is 4.72 Å². The zero-order valence-corrected chi connectivity index (χ0v) is 17.5. The van der Waals surface area contributed by atoms with Crippen LogP contribution in [0.15, 0.2) is 77.7 Å². The molecule has 1 heterocycles. The highest BCUT2D eigenvalue weighted by Gasteiger charge is 2.31. The zero-order valence-electron chi connectivity index (χ0n) is 15.9. The molecule has 5 nitrogen and oxygen atoms in total. The zero-order chi connectivity index (χ0) is 20.5. The summed E-state index contributed by atoms with van der Waals surface area (Å²) in [7, 11) is -3.62. The lowest BCUT2D eigenvalue weighted by atomic mass is 10.0. The van der Waals surface area contributed by atoms with Crippen LogP contribution in [0.25, 0.3) is 0 Å².